The maximum atomic E-state index is 13.8. The van der Waals surface area contributed by atoms with E-state index in [1.807, 2.05) is 41.5 Å². The van der Waals surface area contributed by atoms with Crippen LogP contribution in [0.3, 0.4) is 0 Å². The van der Waals surface area contributed by atoms with Crippen molar-refractivity contribution in [2.24, 2.45) is 5.41 Å². The summed E-state index contributed by atoms with van der Waals surface area (Å²) in [7, 11) is 0. The second-order valence-electron chi connectivity index (χ2n) is 15.0. The molecule has 0 bridgehead atoms. The Labute approximate surface area is 270 Å². The Morgan fingerprint density at radius 2 is 1.73 bits per heavy atom. The smallest absolute Gasteiger partial charge is 0.340 e. The van der Waals surface area contributed by atoms with E-state index in [1.54, 1.807) is 0 Å². The number of carbonyl (C=O) groups excluding carboxylic acids is 1. The summed E-state index contributed by atoms with van der Waals surface area (Å²) in [5.74, 6) is 0.584. The molecule has 2 unspecified atom stereocenters. The predicted molar refractivity (Wildman–Crippen MR) is 182 cm³/mol. The van der Waals surface area contributed by atoms with Crippen LogP contribution in [0, 0.1) is 19.3 Å². The van der Waals surface area contributed by atoms with E-state index >= 15 is 0 Å². The number of fused-ring (bicyclic) bond motifs is 1. The quantitative estimate of drug-likeness (QED) is 0.237. The lowest BCUT2D eigenvalue weighted by Crippen LogP contribution is -2.39. The van der Waals surface area contributed by atoms with Crippen LogP contribution in [-0.4, -0.2) is 41.9 Å². The molecular weight excluding hydrogens is 560 g/mol. The van der Waals surface area contributed by atoms with Crippen LogP contribution in [0.15, 0.2) is 48.5 Å². The lowest BCUT2D eigenvalue weighted by atomic mass is 9.81. The standard InChI is InChI=1S/C39H52N2O4/c1-25(2)43-37(42)36(45-38(5,6)7)34-27(4)40-26(3)33(35(34)41-21-19-39(8,9)20-22-41)30-16-18-32-29(24-30)15-17-31(44-32)23-28-13-11-10-12-14-28/h10-14,16,18,24-25,31,36H,15,17,19-23H2,1-9H3. The maximum absolute atomic E-state index is 13.8. The molecule has 0 amide bonds. The van der Waals surface area contributed by atoms with Gasteiger partial charge in [-0.2, -0.15) is 0 Å². The molecule has 0 saturated carbocycles. The van der Waals surface area contributed by atoms with Crippen LogP contribution in [0.5, 0.6) is 5.75 Å². The highest BCUT2D eigenvalue weighted by Gasteiger charge is 2.38. The normalized spacial score (nSPS) is 18.7. The number of pyridine rings is 1. The average molecular weight is 613 g/mol. The van der Waals surface area contributed by atoms with Gasteiger partial charge < -0.3 is 19.1 Å². The first-order chi connectivity index (χ1) is 21.2. The number of esters is 1. The van der Waals surface area contributed by atoms with Crippen molar-refractivity contribution in [3.8, 4) is 16.9 Å². The van der Waals surface area contributed by atoms with Crippen LogP contribution >= 0.6 is 0 Å². The number of rotatable bonds is 8. The number of piperidine rings is 1. The maximum Gasteiger partial charge on any atom is 0.340 e. The van der Waals surface area contributed by atoms with Gasteiger partial charge in [-0.05, 0) is 108 Å². The molecule has 5 rings (SSSR count). The molecule has 2 aromatic carbocycles. The van der Waals surface area contributed by atoms with Crippen molar-refractivity contribution < 1.29 is 19.0 Å². The summed E-state index contributed by atoms with van der Waals surface area (Å²) in [5.41, 5.74) is 7.97. The Balaban J connectivity index is 1.60. The average Bonchev–Trinajstić information content (AvgIpc) is 2.95. The Kier molecular flexibility index (Phi) is 9.65. The lowest BCUT2D eigenvalue weighted by molar-refractivity contribution is -0.171. The third kappa shape index (κ3) is 7.89. The topological polar surface area (TPSA) is 60.9 Å². The van der Waals surface area contributed by atoms with Crippen molar-refractivity contribution in [2.75, 3.05) is 18.0 Å². The van der Waals surface area contributed by atoms with E-state index in [4.69, 9.17) is 19.2 Å². The number of aromatic nitrogens is 1. The molecule has 3 heterocycles. The van der Waals surface area contributed by atoms with Crippen molar-refractivity contribution >= 4 is 11.7 Å². The molecule has 0 aliphatic carbocycles. The van der Waals surface area contributed by atoms with Gasteiger partial charge in [0.25, 0.3) is 0 Å². The van der Waals surface area contributed by atoms with E-state index in [9.17, 15) is 4.79 Å². The van der Waals surface area contributed by atoms with E-state index in [0.29, 0.717) is 0 Å². The molecule has 6 heteroatoms. The van der Waals surface area contributed by atoms with Crippen molar-refractivity contribution in [3.63, 3.8) is 0 Å². The molecule has 2 atom stereocenters. The van der Waals surface area contributed by atoms with Crippen molar-refractivity contribution in [1.82, 2.24) is 4.98 Å². The predicted octanol–water partition coefficient (Wildman–Crippen LogP) is 8.74. The van der Waals surface area contributed by atoms with Gasteiger partial charge in [-0.1, -0.05) is 50.2 Å². The first-order valence-corrected chi connectivity index (χ1v) is 16.7. The van der Waals surface area contributed by atoms with Crippen LogP contribution in [0.1, 0.15) is 102 Å². The lowest BCUT2D eigenvalue weighted by Gasteiger charge is -2.41. The zero-order valence-electron chi connectivity index (χ0n) is 28.8. The van der Waals surface area contributed by atoms with Crippen LogP contribution in [0.25, 0.3) is 11.1 Å². The summed E-state index contributed by atoms with van der Waals surface area (Å²) >= 11 is 0. The van der Waals surface area contributed by atoms with E-state index in [2.05, 4.69) is 74.2 Å². The first-order valence-electron chi connectivity index (χ1n) is 16.7. The minimum absolute atomic E-state index is 0.162. The molecule has 3 aromatic rings. The Hall–Kier alpha value is -3.38. The zero-order valence-corrected chi connectivity index (χ0v) is 28.8. The van der Waals surface area contributed by atoms with Gasteiger partial charge in [-0.15, -0.1) is 0 Å². The molecule has 0 radical (unpaired) electrons. The molecule has 0 N–H and O–H groups in total. The number of hydrogen-bond acceptors (Lipinski definition) is 6. The molecule has 2 aliphatic heterocycles. The fraction of sp³-hybridized carbons (Fsp3) is 0.538. The summed E-state index contributed by atoms with van der Waals surface area (Å²) in [6.45, 7) is 20.3. The van der Waals surface area contributed by atoms with Crippen molar-refractivity contribution in [1.29, 1.82) is 0 Å². The highest BCUT2D eigenvalue weighted by molar-refractivity contribution is 5.89. The summed E-state index contributed by atoms with van der Waals surface area (Å²) < 4.78 is 18.9. The van der Waals surface area contributed by atoms with Crippen molar-refractivity contribution in [3.05, 3.63) is 76.6 Å². The minimum atomic E-state index is -0.899. The SMILES string of the molecule is Cc1nc(C)c(C(OC(C)(C)C)C(=O)OC(C)C)c(N2CCC(C)(C)CC2)c1-c1ccc2c(c1)CCC(Cc1ccccc1)O2. The number of nitrogens with zero attached hydrogens (tertiary/aromatic N) is 2. The highest BCUT2D eigenvalue weighted by Crippen LogP contribution is 2.46. The van der Waals surface area contributed by atoms with Crippen LogP contribution in [-0.2, 0) is 27.1 Å². The Bertz CT molecular complexity index is 1500. The number of ether oxygens (including phenoxy) is 3. The summed E-state index contributed by atoms with van der Waals surface area (Å²) in [6.07, 6.45) is 3.96. The summed E-state index contributed by atoms with van der Waals surface area (Å²) in [4.78, 5) is 21.3. The van der Waals surface area contributed by atoms with Crippen LogP contribution in [0.2, 0.25) is 0 Å². The molecular formula is C39H52N2O4. The highest BCUT2D eigenvalue weighted by atomic mass is 16.6. The second-order valence-corrected chi connectivity index (χ2v) is 15.0. The van der Waals surface area contributed by atoms with E-state index in [-0.39, 0.29) is 23.6 Å². The Morgan fingerprint density at radius 1 is 1.04 bits per heavy atom. The summed E-state index contributed by atoms with van der Waals surface area (Å²) in [5, 5.41) is 0. The fourth-order valence-corrected chi connectivity index (χ4v) is 6.66. The fourth-order valence-electron chi connectivity index (χ4n) is 6.66. The van der Waals surface area contributed by atoms with Gasteiger partial charge >= 0.3 is 5.97 Å². The summed E-state index contributed by atoms with van der Waals surface area (Å²) in [6, 6.07) is 17.1. The first kappa shape index (κ1) is 33.0. The van der Waals surface area contributed by atoms with Gasteiger partial charge in [0.2, 0.25) is 0 Å². The van der Waals surface area contributed by atoms with E-state index < -0.39 is 11.7 Å². The van der Waals surface area contributed by atoms with Crippen LogP contribution in [0.4, 0.5) is 5.69 Å². The Morgan fingerprint density at radius 3 is 2.38 bits per heavy atom. The van der Waals surface area contributed by atoms with E-state index in [1.165, 1.54) is 11.1 Å². The van der Waals surface area contributed by atoms with Gasteiger partial charge in [-0.25, -0.2) is 4.79 Å². The van der Waals surface area contributed by atoms with Gasteiger partial charge in [0.05, 0.1) is 17.4 Å². The largest absolute Gasteiger partial charge is 0.490 e. The number of carbonyl (C=O) groups is 1. The molecule has 1 aromatic heterocycles. The van der Waals surface area contributed by atoms with Gasteiger partial charge in [0, 0.05) is 42.0 Å². The third-order valence-corrected chi connectivity index (χ3v) is 9.00. The molecule has 45 heavy (non-hydrogen) atoms. The zero-order chi connectivity index (χ0) is 32.5. The molecule has 242 valence electrons. The molecule has 2 aliphatic rings. The number of anilines is 1. The third-order valence-electron chi connectivity index (χ3n) is 9.00. The number of hydrogen-bond donors (Lipinski definition) is 0. The monoisotopic (exact) mass is 612 g/mol. The minimum Gasteiger partial charge on any atom is -0.490 e. The van der Waals surface area contributed by atoms with Crippen molar-refractivity contribution in [2.45, 2.75) is 118 Å². The second kappa shape index (κ2) is 13.2. The van der Waals surface area contributed by atoms with Gasteiger partial charge in [0.1, 0.15) is 11.9 Å². The molecule has 0 spiro atoms. The van der Waals surface area contributed by atoms with Crippen LogP contribution < -0.4 is 9.64 Å². The number of benzene rings is 2. The molecule has 1 fully saturated rings. The van der Waals surface area contributed by atoms with Gasteiger partial charge in [0.15, 0.2) is 6.10 Å². The number of aryl methyl sites for hydroxylation is 3. The van der Waals surface area contributed by atoms with Gasteiger partial charge in [-0.3, -0.25) is 4.98 Å². The molecule has 1 saturated heterocycles. The van der Waals surface area contributed by atoms with E-state index in [0.717, 1.165) is 84.7 Å². The molecule has 6 nitrogen and oxygen atoms in total.